The lowest BCUT2D eigenvalue weighted by atomic mass is 9.89. The molecule has 0 N–H and O–H groups in total. The van der Waals surface area contributed by atoms with Gasteiger partial charge in [-0.25, -0.2) is 8.78 Å². The molecule has 7 nitrogen and oxygen atoms in total. The molecule has 0 spiro atoms. The first-order valence-corrected chi connectivity index (χ1v) is 18.7. The average molecular weight is 777 g/mol. The molecule has 294 valence electrons. The zero-order valence-corrected chi connectivity index (χ0v) is 33.8. The van der Waals surface area contributed by atoms with E-state index in [1.54, 1.807) is 114 Å². The van der Waals surface area contributed by atoms with Gasteiger partial charge < -0.3 is 14.2 Å². The third-order valence-corrected chi connectivity index (χ3v) is 8.85. The number of ketones is 2. The minimum absolute atomic E-state index is 0.0330. The van der Waals surface area contributed by atoms with Crippen LogP contribution >= 0.6 is 11.6 Å². The number of hydrogen-bond donors (Lipinski definition) is 0. The maximum absolute atomic E-state index is 15.4. The van der Waals surface area contributed by atoms with Crippen molar-refractivity contribution in [2.45, 2.75) is 104 Å². The average Bonchev–Trinajstić information content (AvgIpc) is 3.12. The Labute approximate surface area is 328 Å². The number of esters is 2. The Morgan fingerprint density at radius 1 is 0.600 bits per heavy atom. The first-order valence-electron chi connectivity index (χ1n) is 18.3. The van der Waals surface area contributed by atoms with E-state index in [0.29, 0.717) is 35.1 Å². The first kappa shape index (κ1) is 44.5. The fourth-order valence-electron chi connectivity index (χ4n) is 5.95. The van der Waals surface area contributed by atoms with Gasteiger partial charge in [-0.1, -0.05) is 98.2 Å². The molecule has 0 heterocycles. The molecule has 0 saturated carbocycles. The molecule has 0 aliphatic carbocycles. The lowest BCUT2D eigenvalue weighted by Crippen LogP contribution is -2.25. The molecule has 0 radical (unpaired) electrons. The molecule has 55 heavy (non-hydrogen) atoms. The third kappa shape index (κ3) is 12.6. The molecule has 2 atom stereocenters. The maximum Gasteiger partial charge on any atom is 0.306 e. The Kier molecular flexibility index (Phi) is 15.9. The van der Waals surface area contributed by atoms with Gasteiger partial charge in [-0.05, 0) is 89.5 Å². The van der Waals surface area contributed by atoms with Crippen molar-refractivity contribution in [1.29, 1.82) is 0 Å². The van der Waals surface area contributed by atoms with E-state index in [0.717, 1.165) is 0 Å². The highest BCUT2D eigenvalue weighted by Crippen LogP contribution is 2.35. The van der Waals surface area contributed by atoms with Gasteiger partial charge in [0.05, 0.1) is 30.5 Å². The summed E-state index contributed by atoms with van der Waals surface area (Å²) in [5.41, 5.74) is -0.157. The van der Waals surface area contributed by atoms with Gasteiger partial charge in [0, 0.05) is 11.1 Å². The van der Waals surface area contributed by atoms with Crippen LogP contribution in [0.1, 0.15) is 136 Å². The molecule has 0 aliphatic rings. The molecular formula is C45H51ClF2O7. The predicted octanol–water partition coefficient (Wildman–Crippen LogP) is 11.2. The Bertz CT molecular complexity index is 1950. The van der Waals surface area contributed by atoms with Crippen molar-refractivity contribution in [3.05, 3.63) is 135 Å². The van der Waals surface area contributed by atoms with Crippen molar-refractivity contribution < 1.29 is 42.2 Å². The highest BCUT2D eigenvalue weighted by molar-refractivity contribution is 6.35. The summed E-state index contributed by atoms with van der Waals surface area (Å²) in [6, 6.07) is 23.1. The fourth-order valence-corrected chi connectivity index (χ4v) is 6.18. The van der Waals surface area contributed by atoms with Crippen LogP contribution in [0.5, 0.6) is 5.75 Å². The van der Waals surface area contributed by atoms with Crippen molar-refractivity contribution in [2.75, 3.05) is 7.11 Å². The van der Waals surface area contributed by atoms with E-state index < -0.39 is 58.2 Å². The topological polar surface area (TPSA) is 96.0 Å². The number of benzene rings is 4. The number of ether oxygens (including phenoxy) is 3. The van der Waals surface area contributed by atoms with Crippen LogP contribution in [0.3, 0.4) is 0 Å². The molecule has 0 unspecified atom stereocenters. The first-order chi connectivity index (χ1) is 25.8. The highest BCUT2D eigenvalue weighted by atomic mass is 35.5. The van der Waals surface area contributed by atoms with E-state index in [1.807, 2.05) is 13.8 Å². The quantitative estimate of drug-likeness (QED) is 0.0985. The number of carbonyl (C=O) groups excluding carboxylic acids is 4. The third-order valence-electron chi connectivity index (χ3n) is 8.53. The molecule has 0 amide bonds. The molecule has 0 fully saturated rings. The molecular weight excluding hydrogens is 726 g/mol. The summed E-state index contributed by atoms with van der Waals surface area (Å²) in [6.07, 6.45) is 1.12. The molecule has 4 aromatic carbocycles. The Balaban J connectivity index is 0.000000296. The number of methoxy groups -OCH3 is 1. The molecule has 0 aliphatic heterocycles. The molecule has 4 aromatic rings. The largest absolute Gasteiger partial charge is 0.496 e. The summed E-state index contributed by atoms with van der Waals surface area (Å²) in [6.45, 7) is 14.4. The van der Waals surface area contributed by atoms with Crippen molar-refractivity contribution in [1.82, 2.24) is 0 Å². The van der Waals surface area contributed by atoms with Gasteiger partial charge in [0.25, 0.3) is 0 Å². The van der Waals surface area contributed by atoms with Crippen LogP contribution in [0.2, 0.25) is 5.02 Å². The van der Waals surface area contributed by atoms with E-state index in [4.69, 9.17) is 25.8 Å². The van der Waals surface area contributed by atoms with E-state index >= 15 is 8.78 Å². The van der Waals surface area contributed by atoms with Crippen LogP contribution in [-0.2, 0) is 19.1 Å². The van der Waals surface area contributed by atoms with Gasteiger partial charge in [0.2, 0.25) is 0 Å². The van der Waals surface area contributed by atoms with E-state index in [1.165, 1.54) is 19.2 Å². The molecule has 4 rings (SSSR count). The Morgan fingerprint density at radius 3 is 1.36 bits per heavy atom. The van der Waals surface area contributed by atoms with E-state index in [2.05, 4.69) is 0 Å². The van der Waals surface area contributed by atoms with E-state index in [-0.39, 0.29) is 34.7 Å². The summed E-state index contributed by atoms with van der Waals surface area (Å²) in [5.74, 6) is -3.69. The van der Waals surface area contributed by atoms with Crippen LogP contribution < -0.4 is 4.74 Å². The van der Waals surface area contributed by atoms with Gasteiger partial charge >= 0.3 is 11.9 Å². The number of hydrogen-bond acceptors (Lipinski definition) is 7. The highest BCUT2D eigenvalue weighted by Gasteiger charge is 2.29. The smallest absolute Gasteiger partial charge is 0.306 e. The van der Waals surface area contributed by atoms with Crippen molar-refractivity contribution in [2.24, 2.45) is 0 Å². The second-order valence-electron chi connectivity index (χ2n) is 15.1. The van der Waals surface area contributed by atoms with Gasteiger partial charge in [0.1, 0.15) is 34.1 Å². The predicted molar refractivity (Wildman–Crippen MR) is 211 cm³/mol. The number of rotatable bonds is 13. The van der Waals surface area contributed by atoms with Crippen LogP contribution in [0.25, 0.3) is 0 Å². The van der Waals surface area contributed by atoms with Crippen molar-refractivity contribution >= 4 is 35.1 Å². The zero-order valence-electron chi connectivity index (χ0n) is 33.1. The SMILES string of the molecule is CC[C@@H](CC(=O)OC(C)(C)C)c1ccc(Cl)c(C(=O)c2ccccc2)c1F.CC[C@@H](CC(=O)OC(C)(C)C)c1ccc(OC)c(C(=O)c2ccccc2)c1F. The van der Waals surface area contributed by atoms with E-state index in [9.17, 15) is 19.2 Å². The second kappa shape index (κ2) is 19.6. The summed E-state index contributed by atoms with van der Waals surface area (Å²) in [7, 11) is 1.40. The molecule has 10 heteroatoms. The summed E-state index contributed by atoms with van der Waals surface area (Å²) < 4.78 is 46.6. The van der Waals surface area contributed by atoms with Gasteiger partial charge in [0.15, 0.2) is 11.6 Å². The normalized spacial score (nSPS) is 12.4. The Hall–Kier alpha value is -4.89. The Morgan fingerprint density at radius 2 is 0.982 bits per heavy atom. The minimum atomic E-state index is -0.674. The summed E-state index contributed by atoms with van der Waals surface area (Å²) >= 11 is 6.13. The standard InChI is InChI=1S/C23H27FO4.C22H24ClFO3/c1-6-15(14-19(25)28-23(2,3)4)17-12-13-18(27-5)20(21(17)24)22(26)16-10-8-7-9-11-16;1-5-14(13-18(25)27-22(2,3)4)16-11-12-17(23)19(20(16)24)21(26)15-9-7-6-8-10-15/h7-13,15H,6,14H2,1-5H3;6-12,14H,5,13H2,1-4H3/t15-;14-/m00/s1. The van der Waals surface area contributed by atoms with Gasteiger partial charge in [-0.3, -0.25) is 19.2 Å². The van der Waals surface area contributed by atoms with Crippen LogP contribution in [0.4, 0.5) is 8.78 Å². The molecule has 0 bridgehead atoms. The monoisotopic (exact) mass is 776 g/mol. The minimum Gasteiger partial charge on any atom is -0.496 e. The molecule has 0 aromatic heterocycles. The number of carbonyl (C=O) groups is 4. The van der Waals surface area contributed by atoms with Crippen LogP contribution in [-0.4, -0.2) is 41.8 Å². The summed E-state index contributed by atoms with van der Waals surface area (Å²) in [4.78, 5) is 50.1. The van der Waals surface area contributed by atoms with Crippen LogP contribution in [0.15, 0.2) is 84.9 Å². The summed E-state index contributed by atoms with van der Waals surface area (Å²) in [5, 5.41) is 0.0530. The van der Waals surface area contributed by atoms with Crippen molar-refractivity contribution in [3.8, 4) is 5.75 Å². The van der Waals surface area contributed by atoms with Crippen molar-refractivity contribution in [3.63, 3.8) is 0 Å². The second-order valence-corrected chi connectivity index (χ2v) is 15.5. The lowest BCUT2D eigenvalue weighted by Gasteiger charge is -2.23. The maximum atomic E-state index is 15.4. The van der Waals surface area contributed by atoms with Crippen LogP contribution in [0, 0.1) is 11.6 Å². The molecule has 0 saturated heterocycles. The number of halogens is 3. The fraction of sp³-hybridized carbons (Fsp3) is 0.378. The lowest BCUT2D eigenvalue weighted by molar-refractivity contribution is -0.156. The zero-order chi connectivity index (χ0) is 41.1. The van der Waals surface area contributed by atoms with Gasteiger partial charge in [-0.2, -0.15) is 0 Å². The van der Waals surface area contributed by atoms with Gasteiger partial charge in [-0.15, -0.1) is 0 Å².